The Morgan fingerprint density at radius 2 is 1.06 bits per heavy atom. The average Bonchev–Trinajstić information content (AvgIpc) is 3.75. The molecule has 6 aliphatic rings. The van der Waals surface area contributed by atoms with Gasteiger partial charge >= 0.3 is 0 Å². The highest BCUT2D eigenvalue weighted by Crippen LogP contribution is 2.68. The number of para-hydroxylation sites is 1. The van der Waals surface area contributed by atoms with Gasteiger partial charge in [0.1, 0.15) is 11.5 Å². The van der Waals surface area contributed by atoms with E-state index >= 15 is 0 Å². The number of anilines is 3. The third-order valence-electron chi connectivity index (χ3n) is 17.4. The lowest BCUT2D eigenvalue weighted by atomic mass is 9.61. The molecule has 13 rings (SSSR count). The molecule has 0 N–H and O–H groups in total. The summed E-state index contributed by atoms with van der Waals surface area (Å²) in [7, 11) is 0. The van der Waals surface area contributed by atoms with Crippen LogP contribution in [-0.2, 0) is 16.2 Å². The van der Waals surface area contributed by atoms with Crippen LogP contribution in [0.4, 0.5) is 17.1 Å². The van der Waals surface area contributed by atoms with Crippen LogP contribution in [0.25, 0.3) is 22.3 Å². The molecule has 0 radical (unpaired) electrons. The van der Waals surface area contributed by atoms with E-state index in [2.05, 4.69) is 196 Å². The third kappa shape index (κ3) is 6.14. The molecule has 0 aromatic heterocycles. The monoisotopic (exact) mass is 871 g/mol. The molecule has 1 atom stereocenters. The van der Waals surface area contributed by atoms with Crippen LogP contribution in [0.1, 0.15) is 148 Å². The fourth-order valence-corrected chi connectivity index (χ4v) is 14.0. The van der Waals surface area contributed by atoms with Crippen molar-refractivity contribution in [3.05, 3.63) is 220 Å². The van der Waals surface area contributed by atoms with Gasteiger partial charge in [-0.1, -0.05) is 187 Å². The molecule has 1 unspecified atom stereocenters. The topological polar surface area (TPSA) is 12.5 Å². The summed E-state index contributed by atoms with van der Waals surface area (Å²) >= 11 is 0. The highest BCUT2D eigenvalue weighted by molar-refractivity contribution is 5.91. The number of hydrogen-bond acceptors (Lipinski definition) is 2. The van der Waals surface area contributed by atoms with Gasteiger partial charge < -0.3 is 9.64 Å². The normalized spacial score (nSPS) is 20.7. The molecular formula is C65H61NO. The van der Waals surface area contributed by atoms with Gasteiger partial charge in [-0.2, -0.15) is 0 Å². The predicted molar refractivity (Wildman–Crippen MR) is 278 cm³/mol. The first-order chi connectivity index (χ1) is 32.8. The van der Waals surface area contributed by atoms with Crippen molar-refractivity contribution in [1.29, 1.82) is 0 Å². The van der Waals surface area contributed by atoms with Crippen LogP contribution in [-0.4, -0.2) is 0 Å². The summed E-state index contributed by atoms with van der Waals surface area (Å²) in [4.78, 5) is 2.57. The number of benzene rings is 7. The lowest BCUT2D eigenvalue weighted by molar-refractivity contribution is 0.416. The minimum atomic E-state index is -0.546. The molecule has 0 amide bonds. The molecule has 2 heteroatoms. The summed E-state index contributed by atoms with van der Waals surface area (Å²) in [6.07, 6.45) is 21.2. The Morgan fingerprint density at radius 1 is 0.478 bits per heavy atom. The van der Waals surface area contributed by atoms with Crippen molar-refractivity contribution in [2.45, 2.75) is 119 Å². The molecule has 7 aromatic rings. The Kier molecular flexibility index (Phi) is 9.51. The minimum absolute atomic E-state index is 0.139. The van der Waals surface area contributed by atoms with Gasteiger partial charge in [0, 0.05) is 38.9 Å². The molecule has 0 bridgehead atoms. The molecule has 5 aliphatic carbocycles. The van der Waals surface area contributed by atoms with Crippen LogP contribution in [0, 0.1) is 0 Å². The van der Waals surface area contributed by atoms with Gasteiger partial charge in [-0.05, 0) is 142 Å². The average molecular weight is 872 g/mol. The maximum Gasteiger partial charge on any atom is 0.132 e. The van der Waals surface area contributed by atoms with Crippen LogP contribution >= 0.6 is 0 Å². The number of hydrogen-bond donors (Lipinski definition) is 0. The summed E-state index contributed by atoms with van der Waals surface area (Å²) in [5.74, 6) is 3.15. The first-order valence-corrected chi connectivity index (χ1v) is 25.5. The van der Waals surface area contributed by atoms with Crippen molar-refractivity contribution in [3.63, 3.8) is 0 Å². The highest BCUT2D eigenvalue weighted by Gasteiger charge is 2.59. The summed E-state index contributed by atoms with van der Waals surface area (Å²) in [5.41, 5.74) is 20.4. The Hall–Kier alpha value is -6.38. The summed E-state index contributed by atoms with van der Waals surface area (Å²) in [6.45, 7) is 7.33. The Balaban J connectivity index is 1.09. The van der Waals surface area contributed by atoms with Gasteiger partial charge in [0.25, 0.3) is 0 Å². The largest absolute Gasteiger partial charge is 0.457 e. The molecule has 7 aromatic carbocycles. The van der Waals surface area contributed by atoms with E-state index in [0.29, 0.717) is 11.8 Å². The molecule has 1 spiro atoms. The lowest BCUT2D eigenvalue weighted by Gasteiger charge is -2.43. The maximum absolute atomic E-state index is 7.19. The number of allylic oxidation sites excluding steroid dienone is 4. The van der Waals surface area contributed by atoms with E-state index in [1.807, 2.05) is 0 Å². The van der Waals surface area contributed by atoms with E-state index in [-0.39, 0.29) is 10.8 Å². The molecule has 0 saturated heterocycles. The van der Waals surface area contributed by atoms with Crippen LogP contribution in [0.3, 0.4) is 0 Å². The van der Waals surface area contributed by atoms with E-state index in [9.17, 15) is 0 Å². The molecule has 1 aliphatic heterocycles. The van der Waals surface area contributed by atoms with Crippen LogP contribution < -0.4 is 9.64 Å². The first-order valence-electron chi connectivity index (χ1n) is 25.5. The van der Waals surface area contributed by atoms with Gasteiger partial charge in [-0.25, -0.2) is 0 Å². The van der Waals surface area contributed by atoms with Crippen LogP contribution in [0.5, 0.6) is 11.5 Å². The molecule has 2 fully saturated rings. The second kappa shape index (κ2) is 15.6. The van der Waals surface area contributed by atoms with E-state index in [0.717, 1.165) is 17.9 Å². The number of nitrogens with zero attached hydrogens (tertiary/aromatic N) is 1. The smallest absolute Gasteiger partial charge is 0.132 e. The summed E-state index contributed by atoms with van der Waals surface area (Å²) in [5, 5.41) is 0. The van der Waals surface area contributed by atoms with E-state index in [1.165, 1.54) is 154 Å². The van der Waals surface area contributed by atoms with Gasteiger partial charge in [0.2, 0.25) is 0 Å². The SMILES string of the molecule is CC12CC=CC=C1C1(c3cc(C4CCCCC4)ccc3Oc3ccc(C4CCCCC4)cc31)c1cc(N(c3ccc4c(c3)C(C)(C)c3ccccc3-4)c3ccccc3-c3ccccc3)ccc12. The van der Waals surface area contributed by atoms with E-state index in [4.69, 9.17) is 4.74 Å². The number of rotatable bonds is 6. The Morgan fingerprint density at radius 3 is 1.75 bits per heavy atom. The van der Waals surface area contributed by atoms with Crippen molar-refractivity contribution in [1.82, 2.24) is 0 Å². The lowest BCUT2D eigenvalue weighted by Crippen LogP contribution is -2.37. The quantitative estimate of drug-likeness (QED) is 0.165. The van der Waals surface area contributed by atoms with Crippen molar-refractivity contribution in [2.24, 2.45) is 0 Å². The Labute approximate surface area is 398 Å². The summed E-state index contributed by atoms with van der Waals surface area (Å²) in [6, 6.07) is 58.6. The van der Waals surface area contributed by atoms with Crippen molar-refractivity contribution >= 4 is 17.1 Å². The zero-order valence-electron chi connectivity index (χ0n) is 39.5. The fourth-order valence-electron chi connectivity index (χ4n) is 14.0. The third-order valence-corrected chi connectivity index (χ3v) is 17.4. The van der Waals surface area contributed by atoms with Crippen molar-refractivity contribution in [2.75, 3.05) is 4.90 Å². The highest BCUT2D eigenvalue weighted by atomic mass is 16.5. The Bertz CT molecular complexity index is 3090. The zero-order chi connectivity index (χ0) is 44.9. The minimum Gasteiger partial charge on any atom is -0.457 e. The molecular weight excluding hydrogens is 811 g/mol. The van der Waals surface area contributed by atoms with Crippen molar-refractivity contribution in [3.8, 4) is 33.8 Å². The van der Waals surface area contributed by atoms with Crippen LogP contribution in [0.2, 0.25) is 0 Å². The molecule has 2 saturated carbocycles. The van der Waals surface area contributed by atoms with Gasteiger partial charge in [0.05, 0.1) is 11.1 Å². The molecule has 332 valence electrons. The van der Waals surface area contributed by atoms with Crippen LogP contribution in [0.15, 0.2) is 175 Å². The van der Waals surface area contributed by atoms with Gasteiger partial charge in [0.15, 0.2) is 0 Å². The second-order valence-electron chi connectivity index (χ2n) is 21.4. The van der Waals surface area contributed by atoms with E-state index in [1.54, 1.807) is 0 Å². The van der Waals surface area contributed by atoms with Gasteiger partial charge in [-0.3, -0.25) is 0 Å². The molecule has 1 heterocycles. The summed E-state index contributed by atoms with van der Waals surface area (Å²) < 4.78 is 7.19. The molecule has 67 heavy (non-hydrogen) atoms. The standard InChI is InChI=1S/C65H61NO/c1-63(2)53-27-15-13-26-51(53)52-34-32-48(41-55(52)63)66(59-28-16-14-25-50(59)45-23-11-6-12-24-45)49-33-35-54-56(42-49)65(62-29-17-18-38-64(54,62)3)57-39-46(43-19-7-4-8-20-43)30-36-60(57)67-61-37-31-47(40-58(61)65)44-21-9-5-10-22-44/h6,11-18,23-37,39-44H,4-5,7-10,19-22,38H2,1-3H3. The van der Waals surface area contributed by atoms with E-state index < -0.39 is 5.41 Å². The number of ether oxygens (including phenoxy) is 1. The van der Waals surface area contributed by atoms with Gasteiger partial charge in [-0.15, -0.1) is 0 Å². The predicted octanol–water partition coefficient (Wildman–Crippen LogP) is 17.8. The first kappa shape index (κ1) is 40.9. The maximum atomic E-state index is 7.19. The second-order valence-corrected chi connectivity index (χ2v) is 21.4. The fraction of sp³-hybridized carbons (Fsp3) is 0.292. The number of fused-ring (bicyclic) bond motifs is 12. The zero-order valence-corrected chi connectivity index (χ0v) is 39.5. The van der Waals surface area contributed by atoms with Crippen molar-refractivity contribution < 1.29 is 4.74 Å². The molecule has 2 nitrogen and oxygen atoms in total.